The van der Waals surface area contributed by atoms with Crippen molar-refractivity contribution >= 4 is 23.7 Å². The van der Waals surface area contributed by atoms with Crippen LogP contribution in [-0.4, -0.2) is 18.0 Å². The molecule has 0 fully saturated rings. The van der Waals surface area contributed by atoms with Crippen LogP contribution in [0.15, 0.2) is 24.3 Å². The molecule has 0 spiro atoms. The fourth-order valence-electron chi connectivity index (χ4n) is 1.37. The molecule has 1 aromatic carbocycles. The van der Waals surface area contributed by atoms with Crippen LogP contribution in [0, 0.1) is 5.92 Å². The number of ketones is 1. The number of para-hydroxylation sites is 1. The summed E-state index contributed by atoms with van der Waals surface area (Å²) in [5.74, 6) is -1.01. The second-order valence-corrected chi connectivity index (χ2v) is 4.18. The monoisotopic (exact) mass is 233 g/mol. The number of hydrogen-bond acceptors (Lipinski definition) is 3. The first-order valence-corrected chi connectivity index (χ1v) is 5.43. The van der Waals surface area contributed by atoms with E-state index in [1.54, 1.807) is 24.3 Å². The lowest BCUT2D eigenvalue weighted by atomic mass is 10.1. The molecule has 1 N–H and O–H groups in total. The fourth-order valence-corrected chi connectivity index (χ4v) is 1.37. The molecule has 0 bridgehead atoms. The normalized spacial score (nSPS) is 10.1. The van der Waals surface area contributed by atoms with Gasteiger partial charge in [0.15, 0.2) is 6.29 Å². The average molecular weight is 233 g/mol. The van der Waals surface area contributed by atoms with Crippen molar-refractivity contribution in [3.8, 4) is 0 Å². The van der Waals surface area contributed by atoms with Gasteiger partial charge in [-0.1, -0.05) is 26.0 Å². The Morgan fingerprint density at radius 1 is 1.29 bits per heavy atom. The molecule has 0 saturated heterocycles. The standard InChI is InChI=1S/C13H15NO3/c1-9(2)7-12(16)13(17)14-11-6-4-3-5-10(11)8-15/h3-6,8-9H,7H2,1-2H3,(H,14,17). The Balaban J connectivity index is 2.74. The van der Waals surface area contributed by atoms with Crippen LogP contribution >= 0.6 is 0 Å². The Bertz CT molecular complexity index is 438. The third-order valence-electron chi connectivity index (χ3n) is 2.18. The van der Waals surface area contributed by atoms with E-state index in [-0.39, 0.29) is 12.3 Å². The molecule has 4 nitrogen and oxygen atoms in total. The summed E-state index contributed by atoms with van der Waals surface area (Å²) in [4.78, 5) is 33.7. The Hall–Kier alpha value is -1.97. The number of nitrogens with one attached hydrogen (secondary N) is 1. The third-order valence-corrected chi connectivity index (χ3v) is 2.18. The van der Waals surface area contributed by atoms with Crippen LogP contribution < -0.4 is 5.32 Å². The van der Waals surface area contributed by atoms with Crippen molar-refractivity contribution in [3.63, 3.8) is 0 Å². The van der Waals surface area contributed by atoms with E-state index in [1.807, 2.05) is 13.8 Å². The van der Waals surface area contributed by atoms with Gasteiger partial charge < -0.3 is 5.32 Å². The highest BCUT2D eigenvalue weighted by Gasteiger charge is 2.16. The predicted molar refractivity (Wildman–Crippen MR) is 64.9 cm³/mol. The number of anilines is 1. The molecule has 0 saturated carbocycles. The number of Topliss-reactive ketones (excluding diaryl/α,β-unsaturated/α-hetero) is 1. The zero-order valence-corrected chi connectivity index (χ0v) is 9.90. The lowest BCUT2D eigenvalue weighted by Crippen LogP contribution is -2.24. The minimum Gasteiger partial charge on any atom is -0.319 e. The van der Waals surface area contributed by atoms with Crippen LogP contribution in [0.5, 0.6) is 0 Å². The van der Waals surface area contributed by atoms with E-state index in [9.17, 15) is 14.4 Å². The molecular formula is C13H15NO3. The summed E-state index contributed by atoms with van der Waals surface area (Å²) in [6.45, 7) is 3.73. The molecule has 0 heterocycles. The van der Waals surface area contributed by atoms with Crippen molar-refractivity contribution in [2.24, 2.45) is 5.92 Å². The van der Waals surface area contributed by atoms with E-state index in [0.717, 1.165) is 0 Å². The molecular weight excluding hydrogens is 218 g/mol. The Labute approximate surface area is 100 Å². The van der Waals surface area contributed by atoms with Gasteiger partial charge in [0.2, 0.25) is 5.78 Å². The molecule has 0 aliphatic rings. The van der Waals surface area contributed by atoms with Crippen molar-refractivity contribution < 1.29 is 14.4 Å². The first kappa shape index (κ1) is 13.1. The maximum absolute atomic E-state index is 11.5. The number of carbonyl (C=O) groups excluding carboxylic acids is 3. The van der Waals surface area contributed by atoms with Crippen LogP contribution in [-0.2, 0) is 9.59 Å². The molecule has 0 atom stereocenters. The molecule has 1 aromatic rings. The summed E-state index contributed by atoms with van der Waals surface area (Å²) in [6, 6.07) is 6.55. The van der Waals surface area contributed by atoms with Gasteiger partial charge in [-0.05, 0) is 18.1 Å². The zero-order chi connectivity index (χ0) is 12.8. The van der Waals surface area contributed by atoms with Gasteiger partial charge in [-0.3, -0.25) is 14.4 Å². The van der Waals surface area contributed by atoms with Gasteiger partial charge in [0.05, 0.1) is 5.69 Å². The number of carbonyl (C=O) groups is 3. The Morgan fingerprint density at radius 2 is 1.94 bits per heavy atom. The summed E-state index contributed by atoms with van der Waals surface area (Å²) >= 11 is 0. The van der Waals surface area contributed by atoms with Crippen molar-refractivity contribution in [1.82, 2.24) is 0 Å². The minimum atomic E-state index is -0.673. The maximum atomic E-state index is 11.5. The van der Waals surface area contributed by atoms with Crippen molar-refractivity contribution in [2.75, 3.05) is 5.32 Å². The number of benzene rings is 1. The smallest absolute Gasteiger partial charge is 0.291 e. The average Bonchev–Trinajstić information content (AvgIpc) is 2.28. The molecule has 1 rings (SSSR count). The van der Waals surface area contributed by atoms with E-state index < -0.39 is 11.7 Å². The van der Waals surface area contributed by atoms with Gasteiger partial charge in [-0.2, -0.15) is 0 Å². The quantitative estimate of drug-likeness (QED) is 0.625. The van der Waals surface area contributed by atoms with Crippen molar-refractivity contribution in [2.45, 2.75) is 20.3 Å². The number of amides is 1. The van der Waals surface area contributed by atoms with Gasteiger partial charge in [-0.25, -0.2) is 0 Å². The Morgan fingerprint density at radius 3 is 2.53 bits per heavy atom. The van der Waals surface area contributed by atoms with Gasteiger partial charge in [0.1, 0.15) is 0 Å². The molecule has 0 aliphatic heterocycles. The topological polar surface area (TPSA) is 63.2 Å². The molecule has 0 aromatic heterocycles. The van der Waals surface area contributed by atoms with E-state index >= 15 is 0 Å². The van der Waals surface area contributed by atoms with Gasteiger partial charge in [0, 0.05) is 12.0 Å². The van der Waals surface area contributed by atoms with Crippen LogP contribution in [0.25, 0.3) is 0 Å². The molecule has 0 unspecified atom stereocenters. The highest BCUT2D eigenvalue weighted by Crippen LogP contribution is 2.13. The van der Waals surface area contributed by atoms with E-state index in [0.29, 0.717) is 17.5 Å². The van der Waals surface area contributed by atoms with Crippen molar-refractivity contribution in [1.29, 1.82) is 0 Å². The fraction of sp³-hybridized carbons (Fsp3) is 0.308. The number of rotatable bonds is 5. The van der Waals surface area contributed by atoms with Gasteiger partial charge in [0.25, 0.3) is 5.91 Å². The summed E-state index contributed by atoms with van der Waals surface area (Å²) in [5.41, 5.74) is 0.725. The second-order valence-electron chi connectivity index (χ2n) is 4.18. The van der Waals surface area contributed by atoms with Crippen LogP contribution in [0.4, 0.5) is 5.69 Å². The molecule has 4 heteroatoms. The zero-order valence-electron chi connectivity index (χ0n) is 9.90. The van der Waals surface area contributed by atoms with Crippen LogP contribution in [0.3, 0.4) is 0 Å². The van der Waals surface area contributed by atoms with Crippen molar-refractivity contribution in [3.05, 3.63) is 29.8 Å². The lowest BCUT2D eigenvalue weighted by Gasteiger charge is -2.07. The summed E-state index contributed by atoms with van der Waals surface area (Å²) in [7, 11) is 0. The second kappa shape index (κ2) is 5.94. The predicted octanol–water partition coefficient (Wildman–Crippen LogP) is 2.05. The number of hydrogen-bond donors (Lipinski definition) is 1. The Kier molecular flexibility index (Phi) is 4.57. The minimum absolute atomic E-state index is 0.134. The van der Waals surface area contributed by atoms with Gasteiger partial charge >= 0.3 is 0 Å². The highest BCUT2D eigenvalue weighted by molar-refractivity contribution is 6.40. The largest absolute Gasteiger partial charge is 0.319 e. The van der Waals surface area contributed by atoms with E-state index in [1.165, 1.54) is 0 Å². The van der Waals surface area contributed by atoms with Crippen LogP contribution in [0.1, 0.15) is 30.6 Å². The van der Waals surface area contributed by atoms with Crippen LogP contribution in [0.2, 0.25) is 0 Å². The molecule has 0 radical (unpaired) electrons. The molecule has 0 aliphatic carbocycles. The third kappa shape index (κ3) is 3.83. The number of aldehydes is 1. The molecule has 90 valence electrons. The highest BCUT2D eigenvalue weighted by atomic mass is 16.2. The van der Waals surface area contributed by atoms with Gasteiger partial charge in [-0.15, -0.1) is 0 Å². The lowest BCUT2D eigenvalue weighted by molar-refractivity contribution is -0.135. The first-order valence-electron chi connectivity index (χ1n) is 5.43. The summed E-state index contributed by atoms with van der Waals surface area (Å²) in [5, 5.41) is 2.45. The SMILES string of the molecule is CC(C)CC(=O)C(=O)Nc1ccccc1C=O. The molecule has 1 amide bonds. The van der Waals surface area contributed by atoms with E-state index in [4.69, 9.17) is 0 Å². The maximum Gasteiger partial charge on any atom is 0.291 e. The first-order chi connectivity index (χ1) is 8.04. The molecule has 17 heavy (non-hydrogen) atoms. The van der Waals surface area contributed by atoms with E-state index in [2.05, 4.69) is 5.32 Å². The summed E-state index contributed by atoms with van der Waals surface area (Å²) in [6.07, 6.45) is 0.845. The summed E-state index contributed by atoms with van der Waals surface area (Å²) < 4.78 is 0.